The maximum atomic E-state index is 12.7. The number of nitrogens with one attached hydrogen (secondary N) is 1. The Bertz CT molecular complexity index is 582. The Labute approximate surface area is 142 Å². The summed E-state index contributed by atoms with van der Waals surface area (Å²) in [5.74, 6) is -0.0212. The molecular weight excluding hydrogens is 312 g/mol. The fourth-order valence-corrected chi connectivity index (χ4v) is 4.62. The molecule has 1 aromatic rings. The van der Waals surface area contributed by atoms with Gasteiger partial charge in [-0.25, -0.2) is 0 Å². The van der Waals surface area contributed by atoms with Gasteiger partial charge in [0.15, 0.2) is 0 Å². The smallest absolute Gasteiger partial charge is 0.241 e. The molecule has 0 unspecified atom stereocenters. The number of amides is 1. The molecule has 2 aliphatic heterocycles. The average molecular weight is 337 g/mol. The number of aliphatic hydroxyl groups excluding tert-OH is 1. The number of hydrogen-bond donors (Lipinski definition) is 2. The quantitative estimate of drug-likeness (QED) is 0.890. The van der Waals surface area contributed by atoms with Gasteiger partial charge in [0.25, 0.3) is 0 Å². The van der Waals surface area contributed by atoms with Gasteiger partial charge >= 0.3 is 0 Å². The molecule has 0 aromatic heterocycles. The third-order valence-corrected chi connectivity index (χ3v) is 5.57. The molecule has 5 heteroatoms. The Morgan fingerprint density at radius 2 is 1.91 bits per heavy atom. The van der Waals surface area contributed by atoms with Gasteiger partial charge in [-0.1, -0.05) is 17.7 Å². The number of nitrogens with zero attached hydrogens (tertiary/aromatic N) is 1. The van der Waals surface area contributed by atoms with E-state index in [2.05, 4.69) is 10.2 Å². The zero-order chi connectivity index (χ0) is 16.7. The molecule has 3 atom stereocenters. The van der Waals surface area contributed by atoms with Crippen LogP contribution in [0.5, 0.6) is 0 Å². The van der Waals surface area contributed by atoms with E-state index in [-0.39, 0.29) is 18.1 Å². The van der Waals surface area contributed by atoms with Crippen molar-refractivity contribution in [3.05, 3.63) is 28.3 Å². The van der Waals surface area contributed by atoms with Crippen molar-refractivity contribution in [1.29, 1.82) is 0 Å². The number of hydrogen-bond acceptors (Lipinski definition) is 3. The second-order valence-corrected chi connectivity index (χ2v) is 7.47. The van der Waals surface area contributed by atoms with Crippen molar-refractivity contribution in [2.24, 2.45) is 0 Å². The van der Waals surface area contributed by atoms with E-state index in [4.69, 9.17) is 11.6 Å². The van der Waals surface area contributed by atoms with E-state index in [9.17, 15) is 9.90 Å². The van der Waals surface area contributed by atoms with E-state index in [1.807, 2.05) is 32.9 Å². The minimum atomic E-state index is -0.215. The number of aliphatic hydroxyl groups is 1. The number of halogens is 1. The average Bonchev–Trinajstić information content (AvgIpc) is 2.73. The van der Waals surface area contributed by atoms with Crippen molar-refractivity contribution < 1.29 is 9.90 Å². The van der Waals surface area contributed by atoms with Crippen molar-refractivity contribution >= 4 is 23.2 Å². The molecule has 2 aliphatic rings. The van der Waals surface area contributed by atoms with E-state index >= 15 is 0 Å². The Hall–Kier alpha value is -1.10. The summed E-state index contributed by atoms with van der Waals surface area (Å²) in [6, 6.07) is 4.32. The molecule has 126 valence electrons. The molecule has 0 radical (unpaired) electrons. The number of rotatable bonds is 3. The van der Waals surface area contributed by atoms with Crippen LogP contribution in [0.3, 0.4) is 0 Å². The van der Waals surface area contributed by atoms with Gasteiger partial charge in [0.2, 0.25) is 5.91 Å². The van der Waals surface area contributed by atoms with Gasteiger partial charge < -0.3 is 10.4 Å². The van der Waals surface area contributed by atoms with E-state index < -0.39 is 0 Å². The lowest BCUT2D eigenvalue weighted by Gasteiger charge is -2.40. The summed E-state index contributed by atoms with van der Waals surface area (Å²) in [5, 5.41) is 13.5. The fourth-order valence-electron chi connectivity index (χ4n) is 4.25. The first kappa shape index (κ1) is 16.7. The minimum Gasteiger partial charge on any atom is -0.393 e. The van der Waals surface area contributed by atoms with Crippen LogP contribution in [0, 0.1) is 13.8 Å². The second kappa shape index (κ2) is 6.42. The summed E-state index contributed by atoms with van der Waals surface area (Å²) < 4.78 is 0. The topological polar surface area (TPSA) is 52.6 Å². The number of anilines is 1. The molecule has 0 aliphatic carbocycles. The first-order valence-electron chi connectivity index (χ1n) is 8.40. The maximum Gasteiger partial charge on any atom is 0.241 e. The Balaban J connectivity index is 1.74. The van der Waals surface area contributed by atoms with Gasteiger partial charge in [-0.05, 0) is 63.6 Å². The third-order valence-electron chi connectivity index (χ3n) is 5.27. The van der Waals surface area contributed by atoms with Gasteiger partial charge in [0, 0.05) is 12.1 Å². The lowest BCUT2D eigenvalue weighted by molar-refractivity contribution is -0.123. The van der Waals surface area contributed by atoms with Crippen LogP contribution in [-0.4, -0.2) is 40.1 Å². The fraction of sp³-hybridized carbons (Fsp3) is 0.611. The number of carbonyl (C=O) groups is 1. The molecule has 2 bridgehead atoms. The molecule has 4 nitrogen and oxygen atoms in total. The molecule has 2 heterocycles. The zero-order valence-electron chi connectivity index (χ0n) is 14.0. The van der Waals surface area contributed by atoms with E-state index in [1.165, 1.54) is 0 Å². The van der Waals surface area contributed by atoms with Crippen molar-refractivity contribution in [3.8, 4) is 0 Å². The van der Waals surface area contributed by atoms with Crippen LogP contribution in [0.1, 0.15) is 43.7 Å². The van der Waals surface area contributed by atoms with Crippen LogP contribution in [0.2, 0.25) is 5.02 Å². The van der Waals surface area contributed by atoms with Gasteiger partial charge in [0.05, 0.1) is 22.9 Å². The van der Waals surface area contributed by atoms with E-state index in [1.54, 1.807) is 0 Å². The maximum absolute atomic E-state index is 12.7. The standard InChI is InChI=1S/C18H25ClN2O2/c1-10-6-11(2)17(16(19)7-10)20-18(23)12(3)21-13-4-5-14(21)9-15(22)8-13/h6-7,12-15,22H,4-5,8-9H2,1-3H3,(H,20,23)/t12-,13+,14+/m1/s1. The first-order valence-corrected chi connectivity index (χ1v) is 8.77. The number of aryl methyl sites for hydroxylation is 2. The highest BCUT2D eigenvalue weighted by atomic mass is 35.5. The molecule has 1 aromatic carbocycles. The minimum absolute atomic E-state index is 0.0212. The molecular formula is C18H25ClN2O2. The predicted octanol–water partition coefficient (Wildman–Crippen LogP) is 3.27. The van der Waals surface area contributed by atoms with Gasteiger partial charge in [0.1, 0.15) is 0 Å². The van der Waals surface area contributed by atoms with Gasteiger partial charge in [-0.2, -0.15) is 0 Å². The van der Waals surface area contributed by atoms with Crippen molar-refractivity contribution in [3.63, 3.8) is 0 Å². The van der Waals surface area contributed by atoms with Crippen LogP contribution < -0.4 is 5.32 Å². The summed E-state index contributed by atoms with van der Waals surface area (Å²) >= 11 is 6.30. The number of fused-ring (bicyclic) bond motifs is 2. The molecule has 2 N–H and O–H groups in total. The normalized spacial score (nSPS) is 28.7. The lowest BCUT2D eigenvalue weighted by atomic mass is 9.97. The molecule has 2 saturated heterocycles. The summed E-state index contributed by atoms with van der Waals surface area (Å²) in [5.41, 5.74) is 2.77. The monoisotopic (exact) mass is 336 g/mol. The summed E-state index contributed by atoms with van der Waals surface area (Å²) in [4.78, 5) is 15.0. The molecule has 23 heavy (non-hydrogen) atoms. The molecule has 2 fully saturated rings. The Morgan fingerprint density at radius 3 is 2.48 bits per heavy atom. The SMILES string of the molecule is Cc1cc(C)c(NC(=O)[C@@H](C)N2[C@H]3CC[C@H]2CC(O)C3)c(Cl)c1. The van der Waals surface area contributed by atoms with Crippen LogP contribution in [0.25, 0.3) is 0 Å². The summed E-state index contributed by atoms with van der Waals surface area (Å²) in [6.07, 6.45) is 3.48. The van der Waals surface area contributed by atoms with E-state index in [0.717, 1.165) is 36.8 Å². The van der Waals surface area contributed by atoms with Crippen LogP contribution >= 0.6 is 11.6 Å². The van der Waals surface area contributed by atoms with Crippen LogP contribution in [-0.2, 0) is 4.79 Å². The Morgan fingerprint density at radius 1 is 1.30 bits per heavy atom. The Kier molecular flexibility index (Phi) is 4.68. The highest BCUT2D eigenvalue weighted by Crippen LogP contribution is 2.37. The van der Waals surface area contributed by atoms with Crippen LogP contribution in [0.4, 0.5) is 5.69 Å². The number of carbonyl (C=O) groups excluding carboxylic acids is 1. The van der Waals surface area contributed by atoms with Crippen molar-refractivity contribution in [2.75, 3.05) is 5.32 Å². The first-order chi connectivity index (χ1) is 10.9. The molecule has 0 saturated carbocycles. The predicted molar refractivity (Wildman–Crippen MR) is 92.9 cm³/mol. The highest BCUT2D eigenvalue weighted by Gasteiger charge is 2.44. The summed E-state index contributed by atoms with van der Waals surface area (Å²) in [7, 11) is 0. The highest BCUT2D eigenvalue weighted by molar-refractivity contribution is 6.34. The molecule has 0 spiro atoms. The van der Waals surface area contributed by atoms with Gasteiger partial charge in [-0.3, -0.25) is 9.69 Å². The molecule has 3 rings (SSSR count). The number of benzene rings is 1. The summed E-state index contributed by atoms with van der Waals surface area (Å²) in [6.45, 7) is 5.90. The van der Waals surface area contributed by atoms with Crippen molar-refractivity contribution in [1.82, 2.24) is 4.90 Å². The largest absolute Gasteiger partial charge is 0.393 e. The van der Waals surface area contributed by atoms with Crippen molar-refractivity contribution in [2.45, 2.75) is 70.7 Å². The third kappa shape index (κ3) is 3.25. The lowest BCUT2D eigenvalue weighted by Crippen LogP contribution is -2.53. The van der Waals surface area contributed by atoms with Crippen LogP contribution in [0.15, 0.2) is 12.1 Å². The zero-order valence-corrected chi connectivity index (χ0v) is 14.7. The molecule has 1 amide bonds. The number of piperidine rings is 1. The van der Waals surface area contributed by atoms with Gasteiger partial charge in [-0.15, -0.1) is 0 Å². The van der Waals surface area contributed by atoms with E-state index in [0.29, 0.717) is 22.8 Å². The second-order valence-electron chi connectivity index (χ2n) is 7.06.